The number of carbonyl (C=O) groups is 3. The maximum absolute atomic E-state index is 12.6. The number of halogens is 3. The number of imide groups is 1. The summed E-state index contributed by atoms with van der Waals surface area (Å²) in [7, 11) is 0. The molecular weight excluding hydrogens is 482 g/mol. The Morgan fingerprint density at radius 1 is 1.24 bits per heavy atom. The van der Waals surface area contributed by atoms with Crippen LogP contribution in [0.2, 0.25) is 5.02 Å². The van der Waals surface area contributed by atoms with Crippen molar-refractivity contribution in [3.63, 3.8) is 0 Å². The topological polar surface area (TPSA) is 94.2 Å². The van der Waals surface area contributed by atoms with Crippen molar-refractivity contribution >= 4 is 46.5 Å². The number of thioether (sulfide) groups is 1. The number of fused-ring (bicyclic) bond motifs is 1. The molecule has 2 heterocycles. The Hall–Kier alpha value is -3.31. The summed E-state index contributed by atoms with van der Waals surface area (Å²) in [6.07, 6.45) is 1.48. The summed E-state index contributed by atoms with van der Waals surface area (Å²) in [5.41, 5.74) is 0.785. The molecular formula is C21H15ClF2N2O6S. The summed E-state index contributed by atoms with van der Waals surface area (Å²) in [6, 6.07) is 8.57. The van der Waals surface area contributed by atoms with Gasteiger partial charge < -0.3 is 19.5 Å². The van der Waals surface area contributed by atoms with Gasteiger partial charge in [0.05, 0.1) is 9.93 Å². The molecule has 1 saturated heterocycles. The van der Waals surface area contributed by atoms with Gasteiger partial charge >= 0.3 is 6.61 Å². The normalized spacial score (nSPS) is 16.1. The van der Waals surface area contributed by atoms with Crippen LogP contribution in [-0.2, 0) is 4.79 Å². The first-order chi connectivity index (χ1) is 15.8. The fourth-order valence-corrected chi connectivity index (χ4v) is 4.20. The summed E-state index contributed by atoms with van der Waals surface area (Å²) in [5, 5.41) is 2.38. The summed E-state index contributed by atoms with van der Waals surface area (Å²) in [4.78, 5) is 38.4. The fraction of sp³-hybridized carbons (Fsp3) is 0.190. The first-order valence-corrected chi connectivity index (χ1v) is 10.7. The molecule has 0 unspecified atom stereocenters. The molecule has 1 N–H and O–H groups in total. The molecule has 2 aliphatic rings. The van der Waals surface area contributed by atoms with E-state index < -0.39 is 23.7 Å². The Kier molecular flexibility index (Phi) is 6.70. The predicted molar refractivity (Wildman–Crippen MR) is 116 cm³/mol. The molecule has 0 saturated carbocycles. The van der Waals surface area contributed by atoms with Gasteiger partial charge in [0.1, 0.15) is 5.75 Å². The van der Waals surface area contributed by atoms with Gasteiger partial charge in [0.2, 0.25) is 6.79 Å². The van der Waals surface area contributed by atoms with E-state index in [1.54, 1.807) is 0 Å². The second kappa shape index (κ2) is 9.67. The highest BCUT2D eigenvalue weighted by Gasteiger charge is 2.34. The molecule has 3 amide bonds. The minimum absolute atomic E-state index is 0.0143. The molecule has 1 fully saturated rings. The van der Waals surface area contributed by atoms with Crippen molar-refractivity contribution < 1.29 is 37.4 Å². The highest BCUT2D eigenvalue weighted by molar-refractivity contribution is 8.18. The fourth-order valence-electron chi connectivity index (χ4n) is 3.07. The molecule has 2 aliphatic heterocycles. The number of amides is 3. The van der Waals surface area contributed by atoms with Crippen LogP contribution in [0.3, 0.4) is 0 Å². The molecule has 0 aliphatic carbocycles. The number of hydrogen-bond donors (Lipinski definition) is 1. The lowest BCUT2D eigenvalue weighted by Gasteiger charge is -2.13. The lowest BCUT2D eigenvalue weighted by Crippen LogP contribution is -2.37. The van der Waals surface area contributed by atoms with Crippen molar-refractivity contribution in [3.8, 4) is 17.2 Å². The van der Waals surface area contributed by atoms with Crippen LogP contribution in [0.25, 0.3) is 6.08 Å². The van der Waals surface area contributed by atoms with Crippen LogP contribution in [0.1, 0.15) is 15.9 Å². The van der Waals surface area contributed by atoms with E-state index in [-0.39, 0.29) is 41.1 Å². The van der Waals surface area contributed by atoms with Gasteiger partial charge in [-0.15, -0.1) is 0 Å². The average molecular weight is 497 g/mol. The molecule has 12 heteroatoms. The quantitative estimate of drug-likeness (QED) is 0.576. The van der Waals surface area contributed by atoms with Crippen LogP contribution in [0.5, 0.6) is 17.2 Å². The molecule has 2 aromatic carbocycles. The van der Waals surface area contributed by atoms with Crippen molar-refractivity contribution in [2.75, 3.05) is 19.9 Å². The van der Waals surface area contributed by atoms with E-state index in [1.165, 1.54) is 42.5 Å². The Morgan fingerprint density at radius 3 is 2.73 bits per heavy atom. The van der Waals surface area contributed by atoms with Gasteiger partial charge in [0, 0.05) is 18.7 Å². The summed E-state index contributed by atoms with van der Waals surface area (Å²) in [6.45, 7) is -2.93. The lowest BCUT2D eigenvalue weighted by atomic mass is 10.2. The van der Waals surface area contributed by atoms with Gasteiger partial charge in [-0.3, -0.25) is 19.3 Å². The maximum Gasteiger partial charge on any atom is 0.387 e. The van der Waals surface area contributed by atoms with E-state index in [0.29, 0.717) is 17.1 Å². The van der Waals surface area contributed by atoms with E-state index in [4.69, 9.17) is 21.1 Å². The van der Waals surface area contributed by atoms with Crippen molar-refractivity contribution in [1.82, 2.24) is 10.2 Å². The van der Waals surface area contributed by atoms with Crippen LogP contribution >= 0.6 is 23.4 Å². The molecule has 4 rings (SSSR count). The summed E-state index contributed by atoms with van der Waals surface area (Å²) >= 11 is 6.83. The average Bonchev–Trinajstić information content (AvgIpc) is 3.35. The SMILES string of the molecule is O=C(NCCN1C(=O)S/C(=C\c2ccc(OC(F)F)cc2)C1=O)c1cc(Cl)c2c(c1)OCO2. The van der Waals surface area contributed by atoms with Crippen molar-refractivity contribution in [2.24, 2.45) is 0 Å². The zero-order chi connectivity index (χ0) is 23.5. The van der Waals surface area contributed by atoms with E-state index in [9.17, 15) is 23.2 Å². The first kappa shape index (κ1) is 22.9. The van der Waals surface area contributed by atoms with E-state index in [2.05, 4.69) is 10.1 Å². The highest BCUT2D eigenvalue weighted by atomic mass is 35.5. The van der Waals surface area contributed by atoms with Crippen molar-refractivity contribution in [1.29, 1.82) is 0 Å². The molecule has 2 aromatic rings. The Bertz CT molecular complexity index is 1140. The third-order valence-electron chi connectivity index (χ3n) is 4.59. The van der Waals surface area contributed by atoms with Crippen LogP contribution in [0.4, 0.5) is 13.6 Å². The highest BCUT2D eigenvalue weighted by Crippen LogP contribution is 2.39. The molecule has 0 radical (unpaired) electrons. The second-order valence-electron chi connectivity index (χ2n) is 6.73. The number of ether oxygens (including phenoxy) is 3. The summed E-state index contributed by atoms with van der Waals surface area (Å²) in [5.74, 6) is -0.261. The van der Waals surface area contributed by atoms with Gasteiger partial charge in [-0.25, -0.2) is 0 Å². The standard InChI is InChI=1S/C21H15ClF2N2O6S/c22-14-8-12(9-15-17(14)31-10-30-15)18(27)25-5-6-26-19(28)16(33-21(26)29)7-11-1-3-13(4-2-11)32-20(23)24/h1-4,7-9,20H,5-6,10H2,(H,25,27)/b16-7-. The lowest BCUT2D eigenvalue weighted by molar-refractivity contribution is -0.122. The van der Waals surface area contributed by atoms with Gasteiger partial charge in [0.15, 0.2) is 11.5 Å². The number of nitrogens with zero attached hydrogens (tertiary/aromatic N) is 1. The molecule has 0 atom stereocenters. The zero-order valence-corrected chi connectivity index (χ0v) is 18.3. The summed E-state index contributed by atoms with van der Waals surface area (Å²) < 4.78 is 39.2. The van der Waals surface area contributed by atoms with Crippen LogP contribution < -0.4 is 19.5 Å². The Labute approximate surface area is 195 Å². The number of nitrogens with one attached hydrogen (secondary N) is 1. The second-order valence-corrected chi connectivity index (χ2v) is 8.13. The van der Waals surface area contributed by atoms with Gasteiger partial charge in [0.25, 0.3) is 17.1 Å². The van der Waals surface area contributed by atoms with Gasteiger partial charge in [-0.2, -0.15) is 8.78 Å². The number of alkyl halides is 2. The monoisotopic (exact) mass is 496 g/mol. The Morgan fingerprint density at radius 2 is 2.00 bits per heavy atom. The van der Waals surface area contributed by atoms with E-state index in [1.807, 2.05) is 0 Å². The molecule has 0 aromatic heterocycles. The van der Waals surface area contributed by atoms with Crippen molar-refractivity contribution in [2.45, 2.75) is 6.61 Å². The molecule has 8 nitrogen and oxygen atoms in total. The van der Waals surface area contributed by atoms with Gasteiger partial charge in [-0.05, 0) is 47.7 Å². The van der Waals surface area contributed by atoms with Gasteiger partial charge in [-0.1, -0.05) is 23.7 Å². The van der Waals surface area contributed by atoms with Crippen molar-refractivity contribution in [3.05, 3.63) is 57.5 Å². The molecule has 0 spiro atoms. The number of rotatable bonds is 7. The predicted octanol–water partition coefficient (Wildman–Crippen LogP) is 4.14. The number of benzene rings is 2. The van der Waals surface area contributed by atoms with Crippen LogP contribution in [0.15, 0.2) is 41.3 Å². The minimum Gasteiger partial charge on any atom is -0.454 e. The smallest absolute Gasteiger partial charge is 0.387 e. The number of hydrogen-bond acceptors (Lipinski definition) is 7. The third kappa shape index (κ3) is 5.20. The molecule has 33 heavy (non-hydrogen) atoms. The third-order valence-corrected chi connectivity index (χ3v) is 5.78. The molecule has 172 valence electrons. The minimum atomic E-state index is -2.94. The number of carbonyl (C=O) groups excluding carboxylic acids is 3. The van der Waals surface area contributed by atoms with Crippen LogP contribution in [0, 0.1) is 0 Å². The van der Waals surface area contributed by atoms with Crippen LogP contribution in [-0.4, -0.2) is 48.4 Å². The zero-order valence-electron chi connectivity index (χ0n) is 16.7. The molecule has 0 bridgehead atoms. The van der Waals surface area contributed by atoms with E-state index >= 15 is 0 Å². The van der Waals surface area contributed by atoms with E-state index in [0.717, 1.165) is 16.7 Å². The Balaban J connectivity index is 1.34. The largest absolute Gasteiger partial charge is 0.454 e. The first-order valence-electron chi connectivity index (χ1n) is 9.49. The maximum atomic E-state index is 12.6.